The molecule has 0 atom stereocenters. The lowest BCUT2D eigenvalue weighted by atomic mass is 9.82. The predicted molar refractivity (Wildman–Crippen MR) is 129 cm³/mol. The van der Waals surface area contributed by atoms with E-state index in [2.05, 4.69) is 42.5 Å². The van der Waals surface area contributed by atoms with Crippen LogP contribution in [0.5, 0.6) is 5.75 Å². The molecule has 1 saturated carbocycles. The highest BCUT2D eigenvalue weighted by atomic mass is 19.3. The van der Waals surface area contributed by atoms with Crippen LogP contribution in [0.4, 0.5) is 13.6 Å². The van der Waals surface area contributed by atoms with E-state index in [1.54, 1.807) is 12.0 Å². The highest BCUT2D eigenvalue weighted by molar-refractivity contribution is 5.68. The number of rotatable bonds is 4. The van der Waals surface area contributed by atoms with Gasteiger partial charge in [-0.25, -0.2) is 13.6 Å². The normalized spacial score (nSPS) is 21.3. The van der Waals surface area contributed by atoms with Crippen molar-refractivity contribution >= 4 is 6.09 Å². The van der Waals surface area contributed by atoms with Crippen LogP contribution in [0.2, 0.25) is 0 Å². The van der Waals surface area contributed by atoms with E-state index in [0.717, 1.165) is 37.0 Å². The molecule has 0 N–H and O–H groups in total. The number of methoxy groups -OCH3 is 1. The van der Waals surface area contributed by atoms with Crippen molar-refractivity contribution in [3.8, 4) is 16.9 Å². The first-order valence-corrected chi connectivity index (χ1v) is 12.6. The summed E-state index contributed by atoms with van der Waals surface area (Å²) in [7, 11) is 1.70. The summed E-state index contributed by atoms with van der Waals surface area (Å²) in [6.45, 7) is 1.72. The van der Waals surface area contributed by atoms with Crippen LogP contribution in [0.1, 0.15) is 56.1 Å². The molecule has 0 bridgehead atoms. The van der Waals surface area contributed by atoms with Crippen molar-refractivity contribution in [2.75, 3.05) is 20.2 Å². The zero-order chi connectivity index (χ0) is 24.5. The third-order valence-electron chi connectivity index (χ3n) is 7.70. The van der Waals surface area contributed by atoms with Crippen molar-refractivity contribution in [1.29, 1.82) is 0 Å². The van der Waals surface area contributed by atoms with Gasteiger partial charge >= 0.3 is 6.09 Å². The number of carbonyl (C=O) groups excluding carboxylic acids is 1. The number of hydrogen-bond acceptors (Lipinski definition) is 4. The molecule has 35 heavy (non-hydrogen) atoms. The van der Waals surface area contributed by atoms with Gasteiger partial charge in [-0.2, -0.15) is 0 Å². The molecule has 0 unspecified atom stereocenters. The lowest BCUT2D eigenvalue weighted by Crippen LogP contribution is -2.51. The van der Waals surface area contributed by atoms with Crippen LogP contribution in [0.3, 0.4) is 0 Å². The van der Waals surface area contributed by atoms with E-state index in [0.29, 0.717) is 19.7 Å². The average molecular weight is 486 g/mol. The molecule has 1 amide bonds. The topological polar surface area (TPSA) is 48.0 Å². The molecule has 7 heteroatoms. The number of piperidine rings is 1. The molecule has 1 aliphatic carbocycles. The fourth-order valence-corrected chi connectivity index (χ4v) is 5.46. The maximum atomic E-state index is 13.4. The van der Waals surface area contributed by atoms with Gasteiger partial charge < -0.3 is 19.1 Å². The molecular formula is C28H33F2NO4. The second-order valence-corrected chi connectivity index (χ2v) is 10.2. The second-order valence-electron chi connectivity index (χ2n) is 10.2. The van der Waals surface area contributed by atoms with Crippen LogP contribution in [0.25, 0.3) is 11.1 Å². The molecule has 2 heterocycles. The molecule has 2 fully saturated rings. The zero-order valence-corrected chi connectivity index (χ0v) is 20.2. The van der Waals surface area contributed by atoms with Crippen molar-refractivity contribution in [3.05, 3.63) is 53.6 Å². The number of amides is 1. The fraction of sp³-hybridized carbons (Fsp3) is 0.536. The SMILES string of the molecule is COCc1ccc(-c2ccc3c(c2)CCC2(CCN(C(=O)OC4CCC(F)(F)CC4)CC2)O3)cc1. The van der Waals surface area contributed by atoms with Gasteiger partial charge in [-0.3, -0.25) is 0 Å². The largest absolute Gasteiger partial charge is 0.487 e. The summed E-state index contributed by atoms with van der Waals surface area (Å²) in [6, 6.07) is 14.8. The van der Waals surface area contributed by atoms with E-state index in [-0.39, 0.29) is 37.4 Å². The van der Waals surface area contributed by atoms with Crippen LogP contribution in [-0.4, -0.2) is 48.8 Å². The zero-order valence-electron chi connectivity index (χ0n) is 20.2. The monoisotopic (exact) mass is 485 g/mol. The highest BCUT2D eigenvalue weighted by Gasteiger charge is 2.42. The van der Waals surface area contributed by atoms with Crippen molar-refractivity contribution < 1.29 is 27.8 Å². The van der Waals surface area contributed by atoms with Crippen molar-refractivity contribution in [3.63, 3.8) is 0 Å². The number of benzene rings is 2. The molecule has 2 aromatic carbocycles. The number of halogens is 2. The number of ether oxygens (including phenoxy) is 3. The minimum absolute atomic E-state index is 0.206. The van der Waals surface area contributed by atoms with Crippen LogP contribution >= 0.6 is 0 Å². The third-order valence-corrected chi connectivity index (χ3v) is 7.70. The number of aryl methyl sites for hydroxylation is 1. The van der Waals surface area contributed by atoms with E-state index < -0.39 is 12.0 Å². The molecule has 0 radical (unpaired) electrons. The summed E-state index contributed by atoms with van der Waals surface area (Å²) in [5.74, 6) is -1.69. The van der Waals surface area contributed by atoms with Crippen LogP contribution in [0.15, 0.2) is 42.5 Å². The molecule has 1 saturated heterocycles. The molecule has 2 aromatic rings. The van der Waals surface area contributed by atoms with Gasteiger partial charge in [-0.15, -0.1) is 0 Å². The third kappa shape index (κ3) is 5.45. The van der Waals surface area contributed by atoms with Crippen molar-refractivity contribution in [1.82, 2.24) is 4.90 Å². The maximum Gasteiger partial charge on any atom is 0.410 e. The maximum absolute atomic E-state index is 13.4. The number of fused-ring (bicyclic) bond motifs is 1. The Morgan fingerprint density at radius 3 is 2.37 bits per heavy atom. The Morgan fingerprint density at radius 1 is 1.00 bits per heavy atom. The van der Waals surface area contributed by atoms with Gasteiger partial charge in [-0.1, -0.05) is 30.3 Å². The molecule has 5 rings (SSSR count). The number of likely N-dealkylation sites (tertiary alicyclic amines) is 1. The molecule has 0 aromatic heterocycles. The van der Waals surface area contributed by atoms with Gasteiger partial charge in [0.15, 0.2) is 0 Å². The summed E-state index contributed by atoms with van der Waals surface area (Å²) < 4.78 is 44.0. The average Bonchev–Trinajstić information content (AvgIpc) is 2.86. The molecule has 188 valence electrons. The van der Waals surface area contributed by atoms with E-state index in [1.807, 2.05) is 0 Å². The van der Waals surface area contributed by atoms with Gasteiger partial charge in [0.2, 0.25) is 5.92 Å². The first-order valence-electron chi connectivity index (χ1n) is 12.6. The molecule has 1 spiro atoms. The Hall–Kier alpha value is -2.67. The molecule has 3 aliphatic rings. The van der Waals surface area contributed by atoms with Crippen molar-refractivity contribution in [2.24, 2.45) is 0 Å². The minimum atomic E-state index is -2.62. The molecule has 5 nitrogen and oxygen atoms in total. The minimum Gasteiger partial charge on any atom is -0.487 e. The molecular weight excluding hydrogens is 452 g/mol. The van der Waals surface area contributed by atoms with Crippen LogP contribution < -0.4 is 4.74 Å². The number of hydrogen-bond donors (Lipinski definition) is 0. The smallest absolute Gasteiger partial charge is 0.410 e. The summed E-state index contributed by atoms with van der Waals surface area (Å²) in [6.07, 6.45) is 2.60. The van der Waals surface area contributed by atoms with Crippen LogP contribution in [-0.2, 0) is 22.5 Å². The quantitative estimate of drug-likeness (QED) is 0.505. The van der Waals surface area contributed by atoms with E-state index in [9.17, 15) is 13.6 Å². The Balaban J connectivity index is 1.16. The summed E-state index contributed by atoms with van der Waals surface area (Å²) >= 11 is 0. The van der Waals surface area contributed by atoms with Gasteiger partial charge in [0.25, 0.3) is 0 Å². The number of carbonyl (C=O) groups is 1. The first kappa shape index (κ1) is 24.0. The lowest BCUT2D eigenvalue weighted by molar-refractivity contribution is -0.0723. The van der Waals surface area contributed by atoms with Crippen LogP contribution in [0, 0.1) is 0 Å². The van der Waals surface area contributed by atoms with E-state index >= 15 is 0 Å². The fourth-order valence-electron chi connectivity index (χ4n) is 5.46. The van der Waals surface area contributed by atoms with E-state index in [4.69, 9.17) is 14.2 Å². The van der Waals surface area contributed by atoms with Gasteiger partial charge in [0, 0.05) is 45.9 Å². The Bertz CT molecular complexity index is 1040. The van der Waals surface area contributed by atoms with Gasteiger partial charge in [0.05, 0.1) is 6.61 Å². The number of nitrogens with zero attached hydrogens (tertiary/aromatic N) is 1. The first-order chi connectivity index (χ1) is 16.8. The summed E-state index contributed by atoms with van der Waals surface area (Å²) in [4.78, 5) is 14.3. The Labute approximate surface area is 205 Å². The summed E-state index contributed by atoms with van der Waals surface area (Å²) in [5, 5.41) is 0. The predicted octanol–water partition coefficient (Wildman–Crippen LogP) is 6.37. The lowest BCUT2D eigenvalue weighted by Gasteiger charge is -2.44. The Kier molecular flexibility index (Phi) is 6.71. The molecule has 2 aliphatic heterocycles. The highest BCUT2D eigenvalue weighted by Crippen LogP contribution is 2.41. The number of alkyl halides is 2. The summed E-state index contributed by atoms with van der Waals surface area (Å²) in [5.41, 5.74) is 4.44. The van der Waals surface area contributed by atoms with Crippen molar-refractivity contribution in [2.45, 2.75) is 75.6 Å². The van der Waals surface area contributed by atoms with E-state index in [1.165, 1.54) is 16.7 Å². The van der Waals surface area contributed by atoms with Gasteiger partial charge in [-0.05, 0) is 60.1 Å². The standard InChI is InChI=1S/C28H33F2NO4/c1-33-19-20-2-4-21(5-3-20)22-6-7-25-23(18-22)8-11-27(35-25)14-16-31(17-15-27)26(32)34-24-9-12-28(29,30)13-10-24/h2-7,18,24H,8-17,19H2,1H3. The second kappa shape index (κ2) is 9.76. The van der Waals surface area contributed by atoms with Gasteiger partial charge in [0.1, 0.15) is 17.5 Å². The Morgan fingerprint density at radius 2 is 1.69 bits per heavy atom.